The molecule has 0 aromatic carbocycles. The third-order valence-corrected chi connectivity index (χ3v) is 0. The van der Waals surface area contributed by atoms with E-state index in [1.54, 1.807) is 0 Å². The fraction of sp³-hybridized carbons (Fsp3) is 0. The Morgan fingerprint density at radius 1 is 0.250 bits per heavy atom. The molecule has 0 radical (unpaired) electrons. The van der Waals surface area contributed by atoms with Crippen LogP contribution in [0.4, 0.5) is 0 Å². The van der Waals surface area contributed by atoms with Gasteiger partial charge in [-0.3, -0.25) is 0 Å². The van der Waals surface area contributed by atoms with Crippen molar-refractivity contribution in [3.05, 3.63) is 0 Å². The summed E-state index contributed by atoms with van der Waals surface area (Å²) in [4.78, 5) is 0. The first-order chi connectivity index (χ1) is 0. The third-order valence-electron chi connectivity index (χ3n) is 0. The Morgan fingerprint density at radius 3 is 0.250 bits per heavy atom. The first-order valence-corrected chi connectivity index (χ1v) is 0. The van der Waals surface area contributed by atoms with Crippen molar-refractivity contribution in [3.63, 3.8) is 0 Å². The molecule has 0 saturated carbocycles. The minimum atomic E-state index is 0. The van der Waals surface area contributed by atoms with E-state index in [0.717, 1.165) is 0 Å². The molecule has 0 unspecified atom stereocenters. The van der Waals surface area contributed by atoms with Crippen LogP contribution in [0.5, 0.6) is 0 Å². The Bertz CT molecular complexity index is 9.80. The van der Waals surface area contributed by atoms with Gasteiger partial charge < -0.3 is 124 Å². The molecule has 0 aromatic rings. The van der Waals surface area contributed by atoms with E-state index in [4.69, 9.17) is 0 Å². The normalized spacial score (nSPS) is 0. The minimum absolute atomic E-state index is 0. The summed E-state index contributed by atoms with van der Waals surface area (Å²) in [6.07, 6.45) is 0. The second-order valence-electron chi connectivity index (χ2n) is 0. The fourth-order valence-corrected chi connectivity index (χ4v) is 0. The monoisotopic (exact) mass is 496 g/mol. The number of rotatable bonds is 0. The molecule has 0 aromatic heterocycles. The second-order valence-corrected chi connectivity index (χ2v) is 0. The maximum Gasteiger partial charge on any atom is 4.00 e. The zero-order chi connectivity index (χ0) is 0. The van der Waals surface area contributed by atoms with E-state index in [1.807, 2.05) is 0 Å². The van der Waals surface area contributed by atoms with Gasteiger partial charge in [-0.15, -0.1) is 0 Å². The average Bonchev–Trinajstić information content (AvgIpc) is 0. The molecule has 0 aliphatic carbocycles. The molecule has 0 bridgehead atoms. The van der Waals surface area contributed by atoms with E-state index in [1.165, 1.54) is 0 Å². The largest absolute Gasteiger partial charge is 4.00 e. The molecule has 0 saturated heterocycles. The van der Waals surface area contributed by atoms with Gasteiger partial charge >= 0.3 is 21.7 Å². The molecule has 0 rings (SSSR count). The van der Waals surface area contributed by atoms with Gasteiger partial charge in [0.05, 0.1) is 0 Å². The van der Waals surface area contributed by atoms with Crippen molar-refractivity contribution in [3.8, 4) is 0 Å². The van der Waals surface area contributed by atoms with E-state index in [0.29, 0.717) is 0 Å². The number of hydrogen-bond acceptors (Lipinski definition) is 0. The van der Waals surface area contributed by atoms with E-state index < -0.39 is 0 Å². The van der Waals surface area contributed by atoms with Gasteiger partial charge in [0.2, 0.25) is 0 Å². The molecule has 0 aliphatic heterocycles. The van der Waals surface area contributed by atoms with Gasteiger partial charge in [0.1, 0.15) is 0 Å². The summed E-state index contributed by atoms with van der Waals surface area (Å²) in [5.41, 5.74) is 0. The van der Waals surface area contributed by atoms with Crippen molar-refractivity contribution in [2.75, 3.05) is 0 Å². The summed E-state index contributed by atoms with van der Waals surface area (Å²) < 4.78 is 0. The quantitative estimate of drug-likeness (QED) is 0.292. The average molecular weight is 498 g/mol. The SMILES string of the molecule is [Cl-].[Cl-].[Cl-].[Cl-].[Cl-].[Cl-].[Cl-].[Cl-].[Cl-].[Cl-].[Mo].[Ti+4]. The molecular weight excluding hydrogens is 498 g/mol. The Labute approximate surface area is 164 Å². The van der Waals surface area contributed by atoms with Crippen LogP contribution < -0.4 is 124 Å². The Kier molecular flexibility index (Phi) is 2910. The zero-order valence-corrected chi connectivity index (χ0v) is 15.8. The number of halogens is 10. The van der Waals surface area contributed by atoms with Gasteiger partial charge in [0.25, 0.3) is 0 Å². The van der Waals surface area contributed by atoms with Crippen LogP contribution in [0.3, 0.4) is 0 Å². The van der Waals surface area contributed by atoms with E-state index in [9.17, 15) is 0 Å². The predicted octanol–water partition coefficient (Wildman–Crippen LogP) is -30.0. The van der Waals surface area contributed by atoms with Gasteiger partial charge in [-0.05, 0) is 0 Å². The van der Waals surface area contributed by atoms with Crippen LogP contribution in [-0.4, -0.2) is 0 Å². The van der Waals surface area contributed by atoms with Crippen molar-refractivity contribution in [2.24, 2.45) is 0 Å². The first-order valence-electron chi connectivity index (χ1n) is 0. The van der Waals surface area contributed by atoms with Crippen molar-refractivity contribution in [2.45, 2.75) is 0 Å². The van der Waals surface area contributed by atoms with E-state index in [2.05, 4.69) is 0 Å². The van der Waals surface area contributed by atoms with Crippen LogP contribution in [0.2, 0.25) is 0 Å². The molecule has 12 heavy (non-hydrogen) atoms. The van der Waals surface area contributed by atoms with Crippen LogP contribution in [-0.2, 0) is 42.8 Å². The Hall–Kier alpha value is 4.30. The standard InChI is InChI=1S/10ClH.Mo.Ti/h10*1H;;/q;;;;;;;;;;;+4/p-10. The maximum absolute atomic E-state index is 0. The molecular formula is Cl10MoTi-6. The number of hydrogen-bond donors (Lipinski definition) is 0. The molecule has 0 spiro atoms. The van der Waals surface area contributed by atoms with Gasteiger partial charge in [0.15, 0.2) is 0 Å². The molecule has 0 N–H and O–H groups in total. The molecule has 0 amide bonds. The molecule has 0 aliphatic rings. The summed E-state index contributed by atoms with van der Waals surface area (Å²) in [5.74, 6) is 0. The van der Waals surface area contributed by atoms with E-state index >= 15 is 0 Å². The molecule has 0 nitrogen and oxygen atoms in total. The van der Waals surface area contributed by atoms with Crippen LogP contribution >= 0.6 is 0 Å². The minimum Gasteiger partial charge on any atom is -1.00 e. The Balaban J connectivity index is 0. The predicted molar refractivity (Wildman–Crippen MR) is 0 cm³/mol. The maximum atomic E-state index is 0. The Morgan fingerprint density at radius 2 is 0.250 bits per heavy atom. The smallest absolute Gasteiger partial charge is 1.00 e. The topological polar surface area (TPSA) is 0 Å². The van der Waals surface area contributed by atoms with Crippen molar-refractivity contribution < 1.29 is 167 Å². The van der Waals surface area contributed by atoms with Crippen LogP contribution in [0.25, 0.3) is 0 Å². The first kappa shape index (κ1) is 206. The van der Waals surface area contributed by atoms with E-state index in [-0.39, 0.29) is 167 Å². The summed E-state index contributed by atoms with van der Waals surface area (Å²) in [5, 5.41) is 0. The van der Waals surface area contributed by atoms with Gasteiger partial charge in [-0.1, -0.05) is 0 Å². The fourth-order valence-electron chi connectivity index (χ4n) is 0. The third kappa shape index (κ3) is 137. The van der Waals surface area contributed by atoms with Crippen molar-refractivity contribution in [1.29, 1.82) is 0 Å². The molecule has 0 atom stereocenters. The molecule has 86 valence electrons. The molecule has 0 fully saturated rings. The summed E-state index contributed by atoms with van der Waals surface area (Å²) in [6, 6.07) is 0. The van der Waals surface area contributed by atoms with Crippen LogP contribution in [0, 0.1) is 0 Å². The molecule has 0 heterocycles. The van der Waals surface area contributed by atoms with Gasteiger partial charge in [-0.2, -0.15) is 0 Å². The van der Waals surface area contributed by atoms with Gasteiger partial charge in [0, 0.05) is 21.1 Å². The van der Waals surface area contributed by atoms with Crippen molar-refractivity contribution in [1.82, 2.24) is 0 Å². The second kappa shape index (κ2) is 169. The summed E-state index contributed by atoms with van der Waals surface area (Å²) in [6.45, 7) is 0. The molecule has 12 heteroatoms. The zero-order valence-electron chi connectivity index (χ0n) is 4.69. The van der Waals surface area contributed by atoms with Crippen molar-refractivity contribution >= 4 is 0 Å². The van der Waals surface area contributed by atoms with Crippen LogP contribution in [0.1, 0.15) is 0 Å². The summed E-state index contributed by atoms with van der Waals surface area (Å²) in [7, 11) is 0. The van der Waals surface area contributed by atoms with Crippen LogP contribution in [0.15, 0.2) is 0 Å². The van der Waals surface area contributed by atoms with Gasteiger partial charge in [-0.25, -0.2) is 0 Å². The summed E-state index contributed by atoms with van der Waals surface area (Å²) >= 11 is 0.